The highest BCUT2D eigenvalue weighted by Crippen LogP contribution is 2.26. The quantitative estimate of drug-likeness (QED) is 0.560. The lowest BCUT2D eigenvalue weighted by Crippen LogP contribution is -2.08. The topological polar surface area (TPSA) is 79.9 Å². The van der Waals surface area contributed by atoms with E-state index in [1.54, 1.807) is 36.4 Å². The van der Waals surface area contributed by atoms with Crippen LogP contribution in [0.25, 0.3) is 17.5 Å². The monoisotopic (exact) mass is 434 g/mol. The molecule has 0 aliphatic rings. The number of hydrogen-bond donors (Lipinski definition) is 2. The van der Waals surface area contributed by atoms with Crippen molar-refractivity contribution in [3.63, 3.8) is 0 Å². The third-order valence-corrected chi connectivity index (χ3v) is 3.94. The number of hydrogen-bond acceptors (Lipinski definition) is 4. The van der Waals surface area contributed by atoms with E-state index < -0.39 is 12.5 Å². The molecule has 0 saturated heterocycles. The van der Waals surface area contributed by atoms with Crippen molar-refractivity contribution in [2.75, 3.05) is 5.32 Å². The lowest BCUT2D eigenvalue weighted by Gasteiger charge is -2.08. The molecule has 1 aromatic heterocycles. The molecule has 0 radical (unpaired) electrons. The third-order valence-electron chi connectivity index (χ3n) is 3.44. The number of H-pyrrole nitrogens is 1. The molecular formula is C18H13BrF2N4O2. The maximum absolute atomic E-state index is 12.5. The normalized spacial score (nSPS) is 11.1. The molecule has 2 N–H and O–H groups in total. The molecular weight excluding hydrogens is 422 g/mol. The number of carbonyl (C=O) groups is 1. The highest BCUT2D eigenvalue weighted by atomic mass is 79.9. The van der Waals surface area contributed by atoms with Crippen LogP contribution in [0.15, 0.2) is 59.3 Å². The summed E-state index contributed by atoms with van der Waals surface area (Å²) in [5, 5.41) is 9.21. The molecule has 3 aromatic rings. The summed E-state index contributed by atoms with van der Waals surface area (Å²) in [7, 11) is 0. The van der Waals surface area contributed by atoms with Gasteiger partial charge in [0.05, 0.1) is 0 Å². The number of carbonyl (C=O) groups excluding carboxylic acids is 1. The number of benzene rings is 2. The first kappa shape index (κ1) is 18.7. The van der Waals surface area contributed by atoms with Crippen molar-refractivity contribution in [1.29, 1.82) is 0 Å². The molecule has 0 atom stereocenters. The third kappa shape index (κ3) is 5.20. The molecule has 0 unspecified atom stereocenters. The second-order valence-corrected chi connectivity index (χ2v) is 6.21. The zero-order valence-electron chi connectivity index (χ0n) is 13.7. The fraction of sp³-hybridized carbons (Fsp3) is 0.0556. The smallest absolute Gasteiger partial charge is 0.387 e. The summed E-state index contributed by atoms with van der Waals surface area (Å²) in [6.45, 7) is -2.95. The lowest BCUT2D eigenvalue weighted by atomic mass is 10.2. The van der Waals surface area contributed by atoms with Crippen LogP contribution in [0.4, 0.5) is 14.5 Å². The van der Waals surface area contributed by atoms with Gasteiger partial charge in [-0.15, -0.1) is 0 Å². The highest BCUT2D eigenvalue weighted by molar-refractivity contribution is 9.10. The summed E-state index contributed by atoms with van der Waals surface area (Å²) in [5.74, 6) is 0.188. The van der Waals surface area contributed by atoms with Crippen molar-refractivity contribution >= 4 is 33.6 Å². The SMILES string of the molecule is O=C(/C=C/c1cc(Br)ccc1OC(F)F)Nc1ccc(-c2ncn[nH]2)cc1. The first-order chi connectivity index (χ1) is 13.0. The van der Waals surface area contributed by atoms with Gasteiger partial charge in [-0.25, -0.2) is 4.98 Å². The van der Waals surface area contributed by atoms with Crippen LogP contribution in [-0.2, 0) is 4.79 Å². The maximum atomic E-state index is 12.5. The van der Waals surface area contributed by atoms with E-state index in [1.165, 1.54) is 24.5 Å². The second-order valence-electron chi connectivity index (χ2n) is 5.29. The fourth-order valence-electron chi connectivity index (χ4n) is 2.26. The van der Waals surface area contributed by atoms with Gasteiger partial charge in [-0.3, -0.25) is 9.89 Å². The molecule has 138 valence electrons. The van der Waals surface area contributed by atoms with Crippen LogP contribution >= 0.6 is 15.9 Å². The predicted molar refractivity (Wildman–Crippen MR) is 100 cm³/mol. The Labute approximate surface area is 161 Å². The summed E-state index contributed by atoms with van der Waals surface area (Å²) >= 11 is 3.26. The Hall–Kier alpha value is -3.07. The number of nitrogens with zero attached hydrogens (tertiary/aromatic N) is 2. The Kier molecular flexibility index (Phi) is 5.92. The van der Waals surface area contributed by atoms with E-state index in [2.05, 4.69) is 41.2 Å². The number of aromatic nitrogens is 3. The van der Waals surface area contributed by atoms with Crippen molar-refractivity contribution in [1.82, 2.24) is 15.2 Å². The number of halogens is 3. The van der Waals surface area contributed by atoms with E-state index in [1.807, 2.05) is 0 Å². The van der Waals surface area contributed by atoms with Crippen LogP contribution in [0.2, 0.25) is 0 Å². The summed E-state index contributed by atoms with van der Waals surface area (Å²) in [5.41, 5.74) is 1.75. The number of anilines is 1. The van der Waals surface area contributed by atoms with E-state index in [-0.39, 0.29) is 5.75 Å². The minimum Gasteiger partial charge on any atom is -0.434 e. The van der Waals surface area contributed by atoms with Crippen LogP contribution in [0.5, 0.6) is 5.75 Å². The Morgan fingerprint density at radius 3 is 2.67 bits per heavy atom. The van der Waals surface area contributed by atoms with Crippen molar-refractivity contribution in [2.45, 2.75) is 6.61 Å². The summed E-state index contributed by atoms with van der Waals surface area (Å²) in [6, 6.07) is 11.5. The number of rotatable bonds is 6. The van der Waals surface area contributed by atoms with Crippen LogP contribution in [-0.4, -0.2) is 27.7 Å². The molecule has 0 saturated carbocycles. The van der Waals surface area contributed by atoms with Gasteiger partial charge in [0.25, 0.3) is 0 Å². The number of aromatic amines is 1. The van der Waals surface area contributed by atoms with Crippen molar-refractivity contribution < 1.29 is 18.3 Å². The summed E-state index contributed by atoms with van der Waals surface area (Å²) in [4.78, 5) is 16.1. The van der Waals surface area contributed by atoms with Gasteiger partial charge in [0.15, 0.2) is 5.82 Å². The van der Waals surface area contributed by atoms with Crippen LogP contribution in [0, 0.1) is 0 Å². The summed E-state index contributed by atoms with van der Waals surface area (Å²) in [6.07, 6.45) is 4.05. The van der Waals surface area contributed by atoms with Crippen molar-refractivity contribution in [2.24, 2.45) is 0 Å². The number of nitrogens with one attached hydrogen (secondary N) is 2. The van der Waals surface area contributed by atoms with Gasteiger partial charge < -0.3 is 10.1 Å². The minimum absolute atomic E-state index is 0.0198. The standard InChI is InChI=1S/C18H13BrF2N4O2/c19-13-4-7-15(27-18(20)21)12(9-13)3-8-16(26)24-14-5-1-11(2-6-14)17-22-10-23-25-17/h1-10,18H,(H,24,26)(H,22,23,25)/b8-3+. The molecule has 0 spiro atoms. The minimum atomic E-state index is -2.95. The number of alkyl halides is 2. The van der Waals surface area contributed by atoms with E-state index in [4.69, 9.17) is 0 Å². The molecule has 0 bridgehead atoms. The van der Waals surface area contributed by atoms with E-state index >= 15 is 0 Å². The Morgan fingerprint density at radius 2 is 2.00 bits per heavy atom. The van der Waals surface area contributed by atoms with E-state index in [0.717, 1.165) is 5.56 Å². The van der Waals surface area contributed by atoms with Gasteiger partial charge in [0.2, 0.25) is 5.91 Å². The number of ether oxygens (including phenoxy) is 1. The lowest BCUT2D eigenvalue weighted by molar-refractivity contribution is -0.111. The first-order valence-corrected chi connectivity index (χ1v) is 8.50. The molecule has 3 rings (SSSR count). The first-order valence-electron chi connectivity index (χ1n) is 7.70. The van der Waals surface area contributed by atoms with Crippen LogP contribution in [0.3, 0.4) is 0 Å². The zero-order valence-corrected chi connectivity index (χ0v) is 15.3. The average molecular weight is 435 g/mol. The molecule has 2 aromatic carbocycles. The van der Waals surface area contributed by atoms with E-state index in [0.29, 0.717) is 21.5 Å². The molecule has 0 aliphatic carbocycles. The zero-order chi connectivity index (χ0) is 19.2. The molecule has 1 heterocycles. The van der Waals surface area contributed by atoms with Gasteiger partial charge in [-0.1, -0.05) is 15.9 Å². The van der Waals surface area contributed by atoms with Crippen LogP contribution in [0.1, 0.15) is 5.56 Å². The van der Waals surface area contributed by atoms with Gasteiger partial charge in [0.1, 0.15) is 12.1 Å². The molecule has 1 amide bonds. The van der Waals surface area contributed by atoms with E-state index in [9.17, 15) is 13.6 Å². The van der Waals surface area contributed by atoms with Crippen LogP contribution < -0.4 is 10.1 Å². The van der Waals surface area contributed by atoms with Gasteiger partial charge in [-0.05, 0) is 48.5 Å². The predicted octanol–water partition coefficient (Wildman–Crippen LogP) is 4.49. The summed E-state index contributed by atoms with van der Waals surface area (Å²) < 4.78 is 30.1. The van der Waals surface area contributed by atoms with Gasteiger partial charge >= 0.3 is 6.61 Å². The molecule has 27 heavy (non-hydrogen) atoms. The van der Waals surface area contributed by atoms with Gasteiger partial charge in [-0.2, -0.15) is 13.9 Å². The Balaban J connectivity index is 1.68. The maximum Gasteiger partial charge on any atom is 0.387 e. The Bertz CT molecular complexity index is 945. The largest absolute Gasteiger partial charge is 0.434 e. The van der Waals surface area contributed by atoms with Crippen molar-refractivity contribution in [3.05, 3.63) is 64.9 Å². The highest BCUT2D eigenvalue weighted by Gasteiger charge is 2.09. The number of amides is 1. The van der Waals surface area contributed by atoms with Crippen molar-refractivity contribution in [3.8, 4) is 17.1 Å². The molecule has 6 nitrogen and oxygen atoms in total. The molecule has 0 aliphatic heterocycles. The fourth-order valence-corrected chi connectivity index (χ4v) is 2.64. The van der Waals surface area contributed by atoms with Gasteiger partial charge in [0, 0.05) is 27.4 Å². The Morgan fingerprint density at radius 1 is 1.22 bits per heavy atom. The molecule has 0 fully saturated rings. The molecule has 9 heteroatoms. The second kappa shape index (κ2) is 8.54. The average Bonchev–Trinajstić information content (AvgIpc) is 3.17.